The molecular weight excluding hydrogens is 305 g/mol. The van der Waals surface area contributed by atoms with Crippen LogP contribution in [0.15, 0.2) is 29.2 Å². The number of nitrogens with zero attached hydrogens (tertiary/aromatic N) is 1. The van der Waals surface area contributed by atoms with E-state index in [9.17, 15) is 21.6 Å². The third kappa shape index (κ3) is 3.16. The monoisotopic (exact) mass is 322 g/mol. The first-order valence-electron chi connectivity index (χ1n) is 6.62. The predicted octanol–water partition coefficient (Wildman–Crippen LogP) is 2.16. The van der Waals surface area contributed by atoms with Gasteiger partial charge < -0.3 is 10.6 Å². The SMILES string of the molecule is NCC1CCN(c2ccccc2S(=O)(=O)C(F)(F)F)CC1. The number of benzene rings is 1. The Morgan fingerprint density at radius 2 is 1.76 bits per heavy atom. The summed E-state index contributed by atoms with van der Waals surface area (Å²) in [5.41, 5.74) is 0.403. The second kappa shape index (κ2) is 5.84. The molecule has 0 saturated carbocycles. The lowest BCUT2D eigenvalue weighted by Gasteiger charge is -2.34. The Labute approximate surface area is 121 Å². The molecular formula is C13H17F3N2O2S. The van der Waals surface area contributed by atoms with E-state index in [0.717, 1.165) is 18.9 Å². The molecule has 0 aromatic heterocycles. The van der Waals surface area contributed by atoms with Gasteiger partial charge in [-0.25, -0.2) is 8.42 Å². The van der Waals surface area contributed by atoms with Crippen LogP contribution in [0, 0.1) is 5.92 Å². The summed E-state index contributed by atoms with van der Waals surface area (Å²) in [6, 6.07) is 5.27. The summed E-state index contributed by atoms with van der Waals surface area (Å²) in [5.74, 6) is 0.340. The molecule has 0 atom stereocenters. The van der Waals surface area contributed by atoms with Crippen LogP contribution in [-0.2, 0) is 9.84 Å². The number of alkyl halides is 3. The van der Waals surface area contributed by atoms with Gasteiger partial charge in [0, 0.05) is 13.1 Å². The van der Waals surface area contributed by atoms with Crippen molar-refractivity contribution in [3.8, 4) is 0 Å². The van der Waals surface area contributed by atoms with Gasteiger partial charge in [-0.15, -0.1) is 0 Å². The molecule has 1 aliphatic heterocycles. The topological polar surface area (TPSA) is 63.4 Å². The maximum absolute atomic E-state index is 12.8. The standard InChI is InChI=1S/C13H17F3N2O2S/c14-13(15,16)21(19,20)12-4-2-1-3-11(12)18-7-5-10(9-17)6-8-18/h1-4,10H,5-9,17H2. The molecule has 0 amide bonds. The van der Waals surface area contributed by atoms with Gasteiger partial charge in [0.05, 0.1) is 10.6 Å². The van der Waals surface area contributed by atoms with E-state index in [4.69, 9.17) is 5.73 Å². The first kappa shape index (κ1) is 16.1. The molecule has 8 heteroatoms. The Kier molecular flexibility index (Phi) is 4.48. The lowest BCUT2D eigenvalue weighted by molar-refractivity contribution is -0.0435. The molecule has 2 rings (SSSR count). The van der Waals surface area contributed by atoms with Crippen molar-refractivity contribution < 1.29 is 21.6 Å². The van der Waals surface area contributed by atoms with Gasteiger partial charge in [-0.3, -0.25) is 0 Å². The average Bonchev–Trinajstić information content (AvgIpc) is 2.46. The molecule has 1 fully saturated rings. The maximum Gasteiger partial charge on any atom is 0.501 e. The summed E-state index contributed by atoms with van der Waals surface area (Å²) in [6.07, 6.45) is 1.49. The van der Waals surface area contributed by atoms with Crippen molar-refractivity contribution in [1.29, 1.82) is 0 Å². The van der Waals surface area contributed by atoms with E-state index in [1.165, 1.54) is 12.1 Å². The fraction of sp³-hybridized carbons (Fsp3) is 0.538. The van der Waals surface area contributed by atoms with Crippen molar-refractivity contribution in [2.24, 2.45) is 11.7 Å². The first-order chi connectivity index (χ1) is 9.77. The van der Waals surface area contributed by atoms with E-state index in [1.807, 2.05) is 0 Å². The third-order valence-electron chi connectivity index (χ3n) is 3.75. The van der Waals surface area contributed by atoms with Crippen LogP contribution >= 0.6 is 0 Å². The molecule has 0 spiro atoms. The highest BCUT2D eigenvalue weighted by Crippen LogP contribution is 2.36. The van der Waals surface area contributed by atoms with Crippen molar-refractivity contribution in [2.45, 2.75) is 23.2 Å². The molecule has 1 aromatic rings. The number of halogens is 3. The molecule has 4 nitrogen and oxygen atoms in total. The van der Waals surface area contributed by atoms with Crippen LogP contribution in [0.1, 0.15) is 12.8 Å². The molecule has 0 unspecified atom stereocenters. The van der Waals surface area contributed by atoms with E-state index in [-0.39, 0.29) is 5.69 Å². The van der Waals surface area contributed by atoms with Gasteiger partial charge >= 0.3 is 5.51 Å². The molecule has 2 N–H and O–H groups in total. The summed E-state index contributed by atoms with van der Waals surface area (Å²) in [7, 11) is -5.34. The average molecular weight is 322 g/mol. The summed E-state index contributed by atoms with van der Waals surface area (Å²) in [5, 5.41) is 0. The second-order valence-corrected chi connectivity index (χ2v) is 6.99. The quantitative estimate of drug-likeness (QED) is 0.926. The Balaban J connectivity index is 2.35. The van der Waals surface area contributed by atoms with Crippen molar-refractivity contribution in [3.63, 3.8) is 0 Å². The molecule has 0 bridgehead atoms. The summed E-state index contributed by atoms with van der Waals surface area (Å²) < 4.78 is 61.6. The minimum atomic E-state index is -5.34. The Hall–Kier alpha value is -1.28. The van der Waals surface area contributed by atoms with Crippen molar-refractivity contribution in [2.75, 3.05) is 24.5 Å². The van der Waals surface area contributed by atoms with Gasteiger partial charge in [0.25, 0.3) is 9.84 Å². The zero-order valence-electron chi connectivity index (χ0n) is 11.3. The normalized spacial score (nSPS) is 18.0. The van der Waals surface area contributed by atoms with Crippen LogP contribution < -0.4 is 10.6 Å². The second-order valence-electron chi connectivity index (χ2n) is 5.08. The van der Waals surface area contributed by atoms with E-state index >= 15 is 0 Å². The van der Waals surface area contributed by atoms with Crippen LogP contribution in [0.3, 0.4) is 0 Å². The number of piperidine rings is 1. The minimum absolute atomic E-state index is 0.116. The first-order valence-corrected chi connectivity index (χ1v) is 8.11. The van der Waals surface area contributed by atoms with E-state index in [1.54, 1.807) is 11.0 Å². The van der Waals surface area contributed by atoms with Crippen molar-refractivity contribution in [3.05, 3.63) is 24.3 Å². The lowest BCUT2D eigenvalue weighted by Crippen LogP contribution is -2.37. The summed E-state index contributed by atoms with van der Waals surface area (Å²) >= 11 is 0. The predicted molar refractivity (Wildman–Crippen MR) is 73.7 cm³/mol. The number of para-hydroxylation sites is 1. The number of hydrogen-bond acceptors (Lipinski definition) is 4. The number of sulfone groups is 1. The summed E-state index contributed by atoms with van der Waals surface area (Å²) in [6.45, 7) is 1.55. The van der Waals surface area contributed by atoms with Gasteiger partial charge in [-0.2, -0.15) is 13.2 Å². The highest BCUT2D eigenvalue weighted by Gasteiger charge is 2.48. The lowest BCUT2D eigenvalue weighted by atomic mass is 9.97. The molecule has 0 radical (unpaired) electrons. The highest BCUT2D eigenvalue weighted by atomic mass is 32.2. The highest BCUT2D eigenvalue weighted by molar-refractivity contribution is 7.92. The summed E-state index contributed by atoms with van der Waals surface area (Å²) in [4.78, 5) is 1.01. The number of hydrogen-bond donors (Lipinski definition) is 1. The van der Waals surface area contributed by atoms with Gasteiger partial charge in [0.1, 0.15) is 0 Å². The molecule has 1 aromatic carbocycles. The Morgan fingerprint density at radius 3 is 2.29 bits per heavy atom. The van der Waals surface area contributed by atoms with Gasteiger partial charge in [0.15, 0.2) is 0 Å². The van der Waals surface area contributed by atoms with Gasteiger partial charge in [-0.05, 0) is 37.4 Å². The molecule has 0 aliphatic carbocycles. The van der Waals surface area contributed by atoms with Crippen LogP contribution in [-0.4, -0.2) is 33.6 Å². The van der Waals surface area contributed by atoms with Gasteiger partial charge in [0.2, 0.25) is 0 Å². The van der Waals surface area contributed by atoms with Crippen molar-refractivity contribution >= 4 is 15.5 Å². The number of anilines is 1. The Morgan fingerprint density at radius 1 is 1.19 bits per heavy atom. The number of rotatable bonds is 3. The van der Waals surface area contributed by atoms with E-state index < -0.39 is 20.2 Å². The third-order valence-corrected chi connectivity index (χ3v) is 5.28. The van der Waals surface area contributed by atoms with Crippen molar-refractivity contribution in [1.82, 2.24) is 0 Å². The minimum Gasteiger partial charge on any atom is -0.370 e. The van der Waals surface area contributed by atoms with E-state index in [2.05, 4.69) is 0 Å². The molecule has 1 aliphatic rings. The molecule has 21 heavy (non-hydrogen) atoms. The van der Waals surface area contributed by atoms with Crippen LogP contribution in [0.4, 0.5) is 18.9 Å². The fourth-order valence-electron chi connectivity index (χ4n) is 2.48. The maximum atomic E-state index is 12.8. The van der Waals surface area contributed by atoms with Crippen LogP contribution in [0.2, 0.25) is 0 Å². The fourth-order valence-corrected chi connectivity index (χ4v) is 3.46. The molecule has 1 saturated heterocycles. The zero-order valence-corrected chi connectivity index (χ0v) is 12.1. The number of nitrogens with two attached hydrogens (primary N) is 1. The van der Waals surface area contributed by atoms with Gasteiger partial charge in [-0.1, -0.05) is 12.1 Å². The molecule has 1 heterocycles. The largest absolute Gasteiger partial charge is 0.501 e. The zero-order chi connectivity index (χ0) is 15.7. The molecule has 118 valence electrons. The smallest absolute Gasteiger partial charge is 0.370 e. The van der Waals surface area contributed by atoms with Crippen LogP contribution in [0.25, 0.3) is 0 Å². The Bertz CT molecular complexity index is 594. The van der Waals surface area contributed by atoms with E-state index in [0.29, 0.717) is 25.6 Å². The van der Waals surface area contributed by atoms with Crippen LogP contribution in [0.5, 0.6) is 0 Å².